The van der Waals surface area contributed by atoms with Crippen LogP contribution in [0.4, 0.5) is 14.9 Å². The number of thiophene rings is 1. The van der Waals surface area contributed by atoms with Gasteiger partial charge in [-0.05, 0) is 50.1 Å². The van der Waals surface area contributed by atoms with Gasteiger partial charge in [-0.3, -0.25) is 24.5 Å². The summed E-state index contributed by atoms with van der Waals surface area (Å²) in [5.41, 5.74) is 2.18. The Morgan fingerprint density at radius 1 is 1.02 bits per heavy atom. The molecule has 0 radical (unpaired) electrons. The van der Waals surface area contributed by atoms with E-state index in [2.05, 4.69) is 25.5 Å². The van der Waals surface area contributed by atoms with Crippen LogP contribution in [0.3, 0.4) is 0 Å². The van der Waals surface area contributed by atoms with Gasteiger partial charge in [-0.25, -0.2) is 9.18 Å². The normalized spacial score (nSPS) is 15.1. The van der Waals surface area contributed by atoms with Gasteiger partial charge in [0.15, 0.2) is 11.6 Å². The van der Waals surface area contributed by atoms with E-state index >= 15 is 0 Å². The van der Waals surface area contributed by atoms with Crippen molar-refractivity contribution in [2.45, 2.75) is 32.2 Å². The molecule has 45 heavy (non-hydrogen) atoms. The lowest BCUT2D eigenvalue weighted by Crippen LogP contribution is -2.49. The molecule has 2 N–H and O–H groups in total. The number of benzene rings is 1. The fourth-order valence-corrected chi connectivity index (χ4v) is 6.03. The Kier molecular flexibility index (Phi) is 9.17. The summed E-state index contributed by atoms with van der Waals surface area (Å²) >= 11 is 1.41. The number of anilines is 1. The van der Waals surface area contributed by atoms with Crippen LogP contribution in [0.2, 0.25) is 0 Å². The molecule has 234 valence electrons. The number of esters is 1. The number of ether oxygens (including phenoxy) is 2. The molecule has 13 heteroatoms. The first-order valence-electron chi connectivity index (χ1n) is 14.9. The van der Waals surface area contributed by atoms with Gasteiger partial charge in [-0.2, -0.15) is 0 Å². The van der Waals surface area contributed by atoms with E-state index in [1.54, 1.807) is 48.5 Å². The molecule has 6 rings (SSSR count). The van der Waals surface area contributed by atoms with Crippen LogP contribution in [0.25, 0.3) is 20.8 Å². The lowest BCUT2D eigenvalue weighted by Gasteiger charge is -2.34. The van der Waals surface area contributed by atoms with Gasteiger partial charge in [0.25, 0.3) is 5.91 Å². The van der Waals surface area contributed by atoms with Crippen molar-refractivity contribution in [2.24, 2.45) is 0 Å². The lowest BCUT2D eigenvalue weighted by atomic mass is 10.2. The van der Waals surface area contributed by atoms with E-state index in [4.69, 9.17) is 9.47 Å². The maximum Gasteiger partial charge on any atom is 0.319 e. The maximum absolute atomic E-state index is 14.9. The third-order valence-corrected chi connectivity index (χ3v) is 8.72. The van der Waals surface area contributed by atoms with Crippen LogP contribution in [-0.2, 0) is 9.53 Å². The average Bonchev–Trinajstić information content (AvgIpc) is 3.74. The van der Waals surface area contributed by atoms with E-state index in [9.17, 15) is 18.8 Å². The fraction of sp³-hybridized carbons (Fsp3) is 0.344. The number of piperazine rings is 1. The number of nitrogens with one attached hydrogen (secondary N) is 2. The van der Waals surface area contributed by atoms with Crippen LogP contribution in [-0.4, -0.2) is 83.0 Å². The van der Waals surface area contributed by atoms with E-state index in [0.717, 1.165) is 22.4 Å². The van der Waals surface area contributed by atoms with Gasteiger partial charge in [0.05, 0.1) is 39.4 Å². The van der Waals surface area contributed by atoms with Gasteiger partial charge < -0.3 is 25.0 Å². The van der Waals surface area contributed by atoms with Crippen LogP contribution in [0.1, 0.15) is 36.5 Å². The SMILES string of the molecule is CCOC(=O)CCN1CCN(C(=O)c2ccc(-c3cc4nccc(Oc5ccc(NC(=O)NC6CC6)cc5F)c4s3)nc2)CC1. The summed E-state index contributed by atoms with van der Waals surface area (Å²) in [7, 11) is 0. The smallest absolute Gasteiger partial charge is 0.319 e. The minimum absolute atomic E-state index is 0.0198. The predicted molar refractivity (Wildman–Crippen MR) is 168 cm³/mol. The molecule has 3 aromatic heterocycles. The second-order valence-electron chi connectivity index (χ2n) is 10.9. The number of urea groups is 1. The molecule has 2 fully saturated rings. The highest BCUT2D eigenvalue weighted by Gasteiger charge is 2.24. The van der Waals surface area contributed by atoms with E-state index in [1.807, 2.05) is 6.07 Å². The number of hydrogen-bond donors (Lipinski definition) is 2. The van der Waals surface area contributed by atoms with E-state index in [-0.39, 0.29) is 29.7 Å². The van der Waals surface area contributed by atoms with Crippen LogP contribution >= 0.6 is 11.3 Å². The largest absolute Gasteiger partial charge is 0.466 e. The summed E-state index contributed by atoms with van der Waals surface area (Å²) in [4.78, 5) is 50.5. The number of rotatable bonds is 10. The van der Waals surface area contributed by atoms with E-state index in [1.165, 1.54) is 23.5 Å². The highest BCUT2D eigenvalue weighted by molar-refractivity contribution is 7.22. The third kappa shape index (κ3) is 7.55. The lowest BCUT2D eigenvalue weighted by molar-refractivity contribution is -0.143. The molecule has 0 bridgehead atoms. The molecule has 11 nitrogen and oxygen atoms in total. The molecule has 3 amide bonds. The quantitative estimate of drug-likeness (QED) is 0.226. The molecule has 0 atom stereocenters. The zero-order valence-electron chi connectivity index (χ0n) is 24.8. The van der Waals surface area contributed by atoms with Crippen LogP contribution < -0.4 is 15.4 Å². The summed E-state index contributed by atoms with van der Waals surface area (Å²) in [5, 5.41) is 5.44. The van der Waals surface area contributed by atoms with Crippen molar-refractivity contribution >= 4 is 45.1 Å². The first kappa shape index (κ1) is 30.4. The molecule has 0 spiro atoms. The fourth-order valence-electron chi connectivity index (χ4n) is 4.99. The van der Waals surface area contributed by atoms with Gasteiger partial charge in [0.2, 0.25) is 0 Å². The number of pyridine rings is 2. The molecule has 1 saturated heterocycles. The molecule has 1 aromatic carbocycles. The molecule has 1 aliphatic heterocycles. The average molecular weight is 633 g/mol. The Labute approximate surface area is 263 Å². The molecular formula is C32H33FN6O5S. The van der Waals surface area contributed by atoms with Crippen molar-refractivity contribution in [3.63, 3.8) is 0 Å². The Bertz CT molecular complexity index is 1700. The second kappa shape index (κ2) is 13.6. The molecule has 4 heterocycles. The number of hydrogen-bond acceptors (Lipinski definition) is 9. The van der Waals surface area contributed by atoms with Crippen molar-refractivity contribution < 1.29 is 28.2 Å². The van der Waals surface area contributed by atoms with Crippen LogP contribution in [0.5, 0.6) is 11.5 Å². The number of halogens is 1. The monoisotopic (exact) mass is 632 g/mol. The van der Waals surface area contributed by atoms with Gasteiger partial charge in [0, 0.05) is 69.0 Å². The van der Waals surface area contributed by atoms with Gasteiger partial charge >= 0.3 is 12.0 Å². The summed E-state index contributed by atoms with van der Waals surface area (Å²) in [6, 6.07) is 11.2. The van der Waals surface area contributed by atoms with Crippen molar-refractivity contribution in [1.82, 2.24) is 25.1 Å². The van der Waals surface area contributed by atoms with Crippen molar-refractivity contribution in [3.8, 4) is 22.1 Å². The Hall–Kier alpha value is -4.62. The Morgan fingerprint density at radius 3 is 2.56 bits per heavy atom. The first-order valence-corrected chi connectivity index (χ1v) is 15.7. The Balaban J connectivity index is 1.08. The predicted octanol–water partition coefficient (Wildman–Crippen LogP) is 5.28. The van der Waals surface area contributed by atoms with Crippen molar-refractivity contribution in [3.05, 3.63) is 66.2 Å². The number of aromatic nitrogens is 2. The molecular weight excluding hydrogens is 599 g/mol. The summed E-state index contributed by atoms with van der Waals surface area (Å²) in [6.07, 6.45) is 5.44. The highest BCUT2D eigenvalue weighted by atomic mass is 32.1. The Morgan fingerprint density at radius 2 is 1.84 bits per heavy atom. The molecule has 1 saturated carbocycles. The van der Waals surface area contributed by atoms with Crippen molar-refractivity contribution in [2.75, 3.05) is 44.6 Å². The topological polar surface area (TPSA) is 126 Å². The van der Waals surface area contributed by atoms with Gasteiger partial charge in [-0.15, -0.1) is 11.3 Å². The molecule has 2 aliphatic rings. The minimum atomic E-state index is -0.610. The number of carbonyl (C=O) groups excluding carboxylic acids is 3. The first-order chi connectivity index (χ1) is 21.9. The van der Waals surface area contributed by atoms with E-state index in [0.29, 0.717) is 74.0 Å². The summed E-state index contributed by atoms with van der Waals surface area (Å²) in [6.45, 7) is 5.32. The third-order valence-electron chi connectivity index (χ3n) is 7.56. The zero-order valence-corrected chi connectivity index (χ0v) is 25.6. The number of nitrogens with zero attached hydrogens (tertiary/aromatic N) is 4. The van der Waals surface area contributed by atoms with E-state index < -0.39 is 5.82 Å². The maximum atomic E-state index is 14.9. The molecule has 1 aliphatic carbocycles. The standard InChI is InChI=1S/C32H33FN6O5S/c1-2-43-29(40)10-12-38-13-15-39(16-14-38)31(41)20-3-7-24(35-19-20)28-18-25-30(45-28)27(9-11-34-25)44-26-8-6-22(17-23(26)33)37-32(42)36-21-4-5-21/h3,6-9,11,17-19,21H,2,4-5,10,12-16H2,1H3,(H2,36,37,42). The molecule has 0 unspecified atom stereocenters. The number of carbonyl (C=O) groups is 3. The summed E-state index contributed by atoms with van der Waals surface area (Å²) in [5.74, 6) is -0.438. The minimum Gasteiger partial charge on any atom is -0.466 e. The number of fused-ring (bicyclic) bond motifs is 1. The molecule has 4 aromatic rings. The zero-order chi connectivity index (χ0) is 31.3. The van der Waals surface area contributed by atoms with Gasteiger partial charge in [-0.1, -0.05) is 0 Å². The summed E-state index contributed by atoms with van der Waals surface area (Å²) < 4.78 is 26.6. The van der Waals surface area contributed by atoms with Crippen LogP contribution in [0, 0.1) is 5.82 Å². The van der Waals surface area contributed by atoms with Crippen molar-refractivity contribution in [1.29, 1.82) is 0 Å². The van der Waals surface area contributed by atoms with Gasteiger partial charge in [0.1, 0.15) is 5.75 Å². The second-order valence-corrected chi connectivity index (χ2v) is 11.9. The number of amides is 3. The highest BCUT2D eigenvalue weighted by Crippen LogP contribution is 2.39. The van der Waals surface area contributed by atoms with Crippen LogP contribution in [0.15, 0.2) is 54.9 Å².